The van der Waals surface area contributed by atoms with Gasteiger partial charge in [-0.1, -0.05) is 39.3 Å². The van der Waals surface area contributed by atoms with Gasteiger partial charge in [-0.25, -0.2) is 9.88 Å². The third-order valence-corrected chi connectivity index (χ3v) is 6.10. The smallest absolute Gasteiger partial charge is 0.293 e. The van der Waals surface area contributed by atoms with Crippen LogP contribution in [0.4, 0.5) is 5.69 Å². The minimum atomic E-state index is -0.519. The number of nitrogens with zero attached hydrogens (tertiary/aromatic N) is 4. The van der Waals surface area contributed by atoms with Gasteiger partial charge in [0.25, 0.3) is 17.0 Å². The van der Waals surface area contributed by atoms with Crippen LogP contribution in [0.15, 0.2) is 44.7 Å². The topological polar surface area (TPSA) is 73.0 Å². The molecule has 0 bridgehead atoms. The maximum Gasteiger partial charge on any atom is 0.293 e. The van der Waals surface area contributed by atoms with Crippen LogP contribution in [-0.2, 0) is 4.79 Å². The van der Waals surface area contributed by atoms with E-state index in [0.717, 1.165) is 10.0 Å². The molecule has 1 amide bonds. The quantitative estimate of drug-likeness (QED) is 0.440. The second-order valence-corrected chi connectivity index (χ2v) is 8.38. The number of hydrogen-bond acceptors (Lipinski definition) is 6. The first-order valence-electron chi connectivity index (χ1n) is 8.24. The van der Waals surface area contributed by atoms with E-state index in [2.05, 4.69) is 26.0 Å². The number of benzene rings is 1. The number of fused-ring (bicyclic) bond motifs is 3. The fraction of sp³-hybridized carbons (Fsp3) is 0.222. The van der Waals surface area contributed by atoms with E-state index in [4.69, 9.17) is 0 Å². The van der Waals surface area contributed by atoms with Gasteiger partial charge in [-0.15, -0.1) is 0 Å². The molecule has 1 aliphatic heterocycles. The number of amides is 1. The van der Waals surface area contributed by atoms with Crippen LogP contribution >= 0.6 is 39.0 Å². The first-order valence-corrected chi connectivity index (χ1v) is 11.2. The SMILES string of the molecule is CCC(=O)N1c2ccc(Br)cc2-c2c([O-])nc(SC)n[n+]2C1c1ccsc1. The molecule has 0 N–H and O–H groups in total. The summed E-state index contributed by atoms with van der Waals surface area (Å²) in [4.78, 5) is 18.8. The molecule has 2 aromatic heterocycles. The third kappa shape index (κ3) is 3.03. The van der Waals surface area contributed by atoms with Crippen molar-refractivity contribution in [1.29, 1.82) is 0 Å². The molecule has 4 rings (SSSR count). The standard InChI is InChI=1S/C18H15BrN4O2S2/c1-3-14(24)22-13-5-4-11(19)8-12(13)15-16(25)20-18(26-2)21-23(15)17(22)10-6-7-27-9-10/h4-9,17H,3H2,1-2H3. The van der Waals surface area contributed by atoms with Gasteiger partial charge in [0, 0.05) is 21.4 Å². The lowest BCUT2D eigenvalue weighted by Gasteiger charge is -2.33. The van der Waals surface area contributed by atoms with Crippen LogP contribution in [0.3, 0.4) is 0 Å². The number of anilines is 1. The van der Waals surface area contributed by atoms with Crippen molar-refractivity contribution in [3.8, 4) is 17.1 Å². The molecule has 1 unspecified atom stereocenters. The van der Waals surface area contributed by atoms with Crippen molar-refractivity contribution in [3.63, 3.8) is 0 Å². The summed E-state index contributed by atoms with van der Waals surface area (Å²) in [5, 5.41) is 21.8. The molecule has 3 heterocycles. The molecule has 9 heteroatoms. The highest BCUT2D eigenvalue weighted by atomic mass is 79.9. The van der Waals surface area contributed by atoms with Gasteiger partial charge in [-0.2, -0.15) is 11.3 Å². The first-order chi connectivity index (χ1) is 13.0. The van der Waals surface area contributed by atoms with Crippen molar-refractivity contribution < 1.29 is 14.6 Å². The Bertz CT molecular complexity index is 1030. The van der Waals surface area contributed by atoms with Crippen LogP contribution in [0.25, 0.3) is 11.3 Å². The zero-order chi connectivity index (χ0) is 19.1. The minimum absolute atomic E-state index is 0.0373. The normalized spacial score (nSPS) is 15.4. The number of aromatic nitrogens is 3. The molecule has 0 aliphatic carbocycles. The van der Waals surface area contributed by atoms with Crippen LogP contribution in [0, 0.1) is 0 Å². The maximum atomic E-state index is 12.9. The number of carbonyl (C=O) groups is 1. The molecule has 0 radical (unpaired) electrons. The van der Waals surface area contributed by atoms with E-state index < -0.39 is 6.17 Å². The van der Waals surface area contributed by atoms with E-state index in [1.54, 1.807) is 20.9 Å². The van der Waals surface area contributed by atoms with E-state index in [-0.39, 0.29) is 11.8 Å². The van der Waals surface area contributed by atoms with E-state index in [1.165, 1.54) is 11.8 Å². The Labute approximate surface area is 173 Å². The van der Waals surface area contributed by atoms with Crippen molar-refractivity contribution in [3.05, 3.63) is 45.1 Å². The molecule has 1 aromatic carbocycles. The Balaban J connectivity index is 2.09. The van der Waals surface area contributed by atoms with Gasteiger partial charge in [0.15, 0.2) is 0 Å². The van der Waals surface area contributed by atoms with Crippen molar-refractivity contribution in [2.24, 2.45) is 0 Å². The lowest BCUT2D eigenvalue weighted by Crippen LogP contribution is -2.59. The van der Waals surface area contributed by atoms with Gasteiger partial charge < -0.3 is 5.11 Å². The Morgan fingerprint density at radius 1 is 1.44 bits per heavy atom. The van der Waals surface area contributed by atoms with E-state index >= 15 is 0 Å². The second-order valence-electron chi connectivity index (χ2n) is 5.91. The van der Waals surface area contributed by atoms with Crippen molar-refractivity contribution in [1.82, 2.24) is 10.1 Å². The predicted molar refractivity (Wildman–Crippen MR) is 107 cm³/mol. The van der Waals surface area contributed by atoms with Gasteiger partial charge in [0.2, 0.25) is 5.91 Å². The lowest BCUT2D eigenvalue weighted by atomic mass is 10.0. The van der Waals surface area contributed by atoms with Crippen molar-refractivity contribution >= 4 is 50.6 Å². The minimum Gasteiger partial charge on any atom is -0.854 e. The fourth-order valence-corrected chi connectivity index (χ4v) is 4.58. The summed E-state index contributed by atoms with van der Waals surface area (Å²) in [7, 11) is 0. The third-order valence-electron chi connectivity index (χ3n) is 4.37. The molecule has 0 fully saturated rings. The number of thiophene rings is 1. The summed E-state index contributed by atoms with van der Waals surface area (Å²) in [6.45, 7) is 1.83. The average Bonchev–Trinajstić information content (AvgIpc) is 3.19. The summed E-state index contributed by atoms with van der Waals surface area (Å²) in [5.74, 6) is -0.387. The molecule has 3 aromatic rings. The van der Waals surface area contributed by atoms with Crippen LogP contribution < -0.4 is 14.7 Å². The largest absolute Gasteiger partial charge is 0.854 e. The molecule has 0 saturated carbocycles. The Morgan fingerprint density at radius 3 is 2.93 bits per heavy atom. The van der Waals surface area contributed by atoms with Crippen molar-refractivity contribution in [2.45, 2.75) is 24.7 Å². The zero-order valence-corrected chi connectivity index (χ0v) is 17.8. The van der Waals surface area contributed by atoms with E-state index in [0.29, 0.717) is 28.5 Å². The Hall–Kier alpha value is -1.97. The van der Waals surface area contributed by atoms with Gasteiger partial charge in [-0.3, -0.25) is 4.79 Å². The van der Waals surface area contributed by atoms with Gasteiger partial charge in [0.05, 0.1) is 22.7 Å². The Morgan fingerprint density at radius 2 is 2.26 bits per heavy atom. The monoisotopic (exact) mass is 462 g/mol. The highest BCUT2D eigenvalue weighted by molar-refractivity contribution is 9.10. The molecule has 6 nitrogen and oxygen atoms in total. The van der Waals surface area contributed by atoms with Crippen molar-refractivity contribution in [2.75, 3.05) is 11.2 Å². The zero-order valence-electron chi connectivity index (χ0n) is 14.5. The van der Waals surface area contributed by atoms with Gasteiger partial charge >= 0.3 is 0 Å². The van der Waals surface area contributed by atoms with Crippen LogP contribution in [0.1, 0.15) is 25.1 Å². The molecule has 0 saturated heterocycles. The summed E-state index contributed by atoms with van der Waals surface area (Å²) < 4.78 is 2.46. The summed E-state index contributed by atoms with van der Waals surface area (Å²) >= 11 is 6.31. The molecular formula is C18H15BrN4O2S2. The predicted octanol–water partition coefficient (Wildman–Crippen LogP) is 3.35. The molecule has 1 atom stereocenters. The van der Waals surface area contributed by atoms with Crippen LogP contribution in [-0.4, -0.2) is 22.2 Å². The summed E-state index contributed by atoms with van der Waals surface area (Å²) in [6.07, 6.45) is 1.65. The summed E-state index contributed by atoms with van der Waals surface area (Å²) in [6, 6.07) is 7.52. The molecule has 138 valence electrons. The second kappa shape index (κ2) is 7.21. The number of thioether (sulfide) groups is 1. The number of rotatable bonds is 3. The maximum absolute atomic E-state index is 12.9. The molecule has 0 spiro atoms. The molecule has 27 heavy (non-hydrogen) atoms. The molecule has 1 aliphatic rings. The van der Waals surface area contributed by atoms with Crippen LogP contribution in [0.2, 0.25) is 0 Å². The Kier molecular flexibility index (Phi) is 4.92. The highest BCUT2D eigenvalue weighted by Gasteiger charge is 2.44. The average molecular weight is 463 g/mol. The number of hydrogen-bond donors (Lipinski definition) is 0. The fourth-order valence-electron chi connectivity index (χ4n) is 3.21. The summed E-state index contributed by atoms with van der Waals surface area (Å²) in [5.41, 5.74) is 2.64. The van der Waals surface area contributed by atoms with E-state index in [1.807, 2.05) is 48.2 Å². The highest BCUT2D eigenvalue weighted by Crippen LogP contribution is 2.42. The van der Waals surface area contributed by atoms with Gasteiger partial charge in [-0.05, 0) is 35.9 Å². The number of carbonyl (C=O) groups excluding carboxylic acids is 1. The number of halogens is 1. The van der Waals surface area contributed by atoms with E-state index in [9.17, 15) is 9.90 Å². The van der Waals surface area contributed by atoms with Gasteiger partial charge in [0.1, 0.15) is 0 Å². The van der Waals surface area contributed by atoms with Crippen LogP contribution in [0.5, 0.6) is 5.88 Å². The first kappa shape index (κ1) is 18.4. The lowest BCUT2D eigenvalue weighted by molar-refractivity contribution is -0.764. The molecular weight excluding hydrogens is 448 g/mol.